The van der Waals surface area contributed by atoms with E-state index in [-0.39, 0.29) is 11.3 Å². The van der Waals surface area contributed by atoms with E-state index >= 15 is 0 Å². The zero-order valence-corrected chi connectivity index (χ0v) is 11.4. The molecule has 1 heterocycles. The van der Waals surface area contributed by atoms with Gasteiger partial charge in [-0.1, -0.05) is 6.07 Å². The molecule has 1 aliphatic rings. The molecule has 0 unspecified atom stereocenters. The molecule has 5 heteroatoms. The first-order chi connectivity index (χ1) is 8.24. The average molecular weight is 268 g/mol. The Bertz CT molecular complexity index is 606. The van der Waals surface area contributed by atoms with Gasteiger partial charge in [0.1, 0.15) is 5.75 Å². The Hall–Kier alpha value is -1.33. The third kappa shape index (κ3) is 2.28. The van der Waals surface area contributed by atoms with Crippen LogP contribution in [0.4, 0.5) is 0 Å². The summed E-state index contributed by atoms with van der Waals surface area (Å²) in [6.45, 7) is 3.29. The first-order valence-electron chi connectivity index (χ1n) is 5.60. The van der Waals surface area contributed by atoms with E-state index in [1.165, 1.54) is 12.5 Å². The van der Waals surface area contributed by atoms with Gasteiger partial charge in [0.05, 0.1) is 17.6 Å². The van der Waals surface area contributed by atoms with E-state index in [9.17, 15) is 13.5 Å². The molecule has 0 amide bonds. The van der Waals surface area contributed by atoms with Crippen molar-refractivity contribution in [2.24, 2.45) is 0 Å². The summed E-state index contributed by atoms with van der Waals surface area (Å²) in [7, 11) is -1.91. The molecule has 0 spiro atoms. The predicted molar refractivity (Wildman–Crippen MR) is 69.1 cm³/mol. The quantitative estimate of drug-likeness (QED) is 0.910. The summed E-state index contributed by atoms with van der Waals surface area (Å²) in [4.78, 5) is 0.251. The number of rotatable bonds is 3. The lowest BCUT2D eigenvalue weighted by Crippen LogP contribution is -2.18. The smallest absolute Gasteiger partial charge is 0.200 e. The Morgan fingerprint density at radius 3 is 2.56 bits per heavy atom. The molecule has 0 aromatic heterocycles. The Morgan fingerprint density at radius 1 is 1.33 bits per heavy atom. The van der Waals surface area contributed by atoms with E-state index in [1.807, 2.05) is 0 Å². The minimum Gasteiger partial charge on any atom is -0.496 e. The lowest BCUT2D eigenvalue weighted by molar-refractivity contribution is 0.0863. The lowest BCUT2D eigenvalue weighted by atomic mass is 9.94. The van der Waals surface area contributed by atoms with Gasteiger partial charge < -0.3 is 9.84 Å². The van der Waals surface area contributed by atoms with Gasteiger partial charge in [-0.15, -0.1) is 0 Å². The second-order valence-corrected chi connectivity index (χ2v) is 6.78. The van der Waals surface area contributed by atoms with Crippen LogP contribution in [0.3, 0.4) is 0 Å². The fourth-order valence-corrected chi connectivity index (χ4v) is 3.63. The van der Waals surface area contributed by atoms with Crippen molar-refractivity contribution in [1.82, 2.24) is 0 Å². The van der Waals surface area contributed by atoms with Crippen LogP contribution in [0.2, 0.25) is 0 Å². The second kappa shape index (κ2) is 4.10. The van der Waals surface area contributed by atoms with Gasteiger partial charge in [0.25, 0.3) is 0 Å². The highest BCUT2D eigenvalue weighted by Gasteiger charge is 2.32. The van der Waals surface area contributed by atoms with E-state index in [2.05, 4.69) is 0 Å². The first kappa shape index (κ1) is 13.1. The van der Waals surface area contributed by atoms with E-state index in [4.69, 9.17) is 4.74 Å². The second-order valence-electron chi connectivity index (χ2n) is 5.01. The molecule has 1 aliphatic heterocycles. The normalized spacial score (nSPS) is 17.2. The van der Waals surface area contributed by atoms with Crippen molar-refractivity contribution >= 4 is 15.4 Å². The molecular formula is C13H16O4S. The number of hydrogen-bond acceptors (Lipinski definition) is 4. The van der Waals surface area contributed by atoms with E-state index in [0.717, 1.165) is 0 Å². The number of benzene rings is 1. The largest absolute Gasteiger partial charge is 0.496 e. The molecule has 0 saturated heterocycles. The van der Waals surface area contributed by atoms with Gasteiger partial charge in [-0.3, -0.25) is 0 Å². The summed E-state index contributed by atoms with van der Waals surface area (Å²) in [6, 6.07) is 4.93. The summed E-state index contributed by atoms with van der Waals surface area (Å²) in [5.74, 6) is 0.518. The van der Waals surface area contributed by atoms with Gasteiger partial charge in [0.2, 0.25) is 9.84 Å². The van der Waals surface area contributed by atoms with Gasteiger partial charge in [-0.2, -0.15) is 0 Å². The molecular weight excluding hydrogens is 252 g/mol. The molecule has 2 rings (SSSR count). The van der Waals surface area contributed by atoms with Gasteiger partial charge in [0, 0.05) is 17.4 Å². The SMILES string of the molecule is COc1cccc2c1C(CC(C)(C)O)=CS2(=O)=O. The van der Waals surface area contributed by atoms with Crippen LogP contribution in [0.1, 0.15) is 25.8 Å². The third-order valence-corrected chi connectivity index (χ3v) is 4.30. The molecule has 98 valence electrons. The van der Waals surface area contributed by atoms with Crippen LogP contribution in [0.25, 0.3) is 5.57 Å². The van der Waals surface area contributed by atoms with Gasteiger partial charge in [-0.25, -0.2) is 8.42 Å². The summed E-state index contributed by atoms with van der Waals surface area (Å²) >= 11 is 0. The summed E-state index contributed by atoms with van der Waals surface area (Å²) in [5.41, 5.74) is 0.196. The molecule has 0 saturated carbocycles. The molecule has 0 atom stereocenters. The van der Waals surface area contributed by atoms with Gasteiger partial charge >= 0.3 is 0 Å². The lowest BCUT2D eigenvalue weighted by Gasteiger charge is -2.19. The first-order valence-corrected chi connectivity index (χ1v) is 7.15. The van der Waals surface area contributed by atoms with Crippen molar-refractivity contribution in [2.75, 3.05) is 7.11 Å². The summed E-state index contributed by atoms with van der Waals surface area (Å²) in [6.07, 6.45) is 0.263. The highest BCUT2D eigenvalue weighted by atomic mass is 32.2. The third-order valence-electron chi connectivity index (χ3n) is 2.76. The van der Waals surface area contributed by atoms with Crippen LogP contribution in [-0.2, 0) is 9.84 Å². The van der Waals surface area contributed by atoms with Crippen molar-refractivity contribution < 1.29 is 18.3 Å². The molecule has 0 aliphatic carbocycles. The van der Waals surface area contributed by atoms with E-state index in [0.29, 0.717) is 16.9 Å². The van der Waals surface area contributed by atoms with Crippen LogP contribution < -0.4 is 4.74 Å². The van der Waals surface area contributed by atoms with Crippen molar-refractivity contribution in [1.29, 1.82) is 0 Å². The number of sulfone groups is 1. The number of methoxy groups -OCH3 is 1. The van der Waals surface area contributed by atoms with Gasteiger partial charge in [-0.05, 0) is 31.6 Å². The van der Waals surface area contributed by atoms with Crippen LogP contribution in [0.5, 0.6) is 5.75 Å². The molecule has 1 aromatic carbocycles. The standard InChI is InChI=1S/C13H16O4S/c1-13(2,14)7-9-8-18(15,16)11-6-4-5-10(17-3)12(9)11/h4-6,8,14H,7H2,1-3H3. The summed E-state index contributed by atoms with van der Waals surface area (Å²) < 4.78 is 29.2. The number of aliphatic hydroxyl groups is 1. The highest BCUT2D eigenvalue weighted by Crippen LogP contribution is 2.42. The number of fused-ring (bicyclic) bond motifs is 1. The van der Waals surface area contributed by atoms with Gasteiger partial charge in [0.15, 0.2) is 0 Å². The predicted octanol–water partition coefficient (Wildman–Crippen LogP) is 1.98. The van der Waals surface area contributed by atoms with Crippen LogP contribution in [-0.4, -0.2) is 26.2 Å². The monoisotopic (exact) mass is 268 g/mol. The molecule has 4 nitrogen and oxygen atoms in total. The molecule has 0 radical (unpaired) electrons. The van der Waals surface area contributed by atoms with Crippen molar-refractivity contribution in [3.8, 4) is 5.75 Å². The fourth-order valence-electron chi connectivity index (χ4n) is 2.14. The topological polar surface area (TPSA) is 63.6 Å². The fraction of sp³-hybridized carbons (Fsp3) is 0.385. The zero-order valence-electron chi connectivity index (χ0n) is 10.6. The van der Waals surface area contributed by atoms with Crippen molar-refractivity contribution in [2.45, 2.75) is 30.8 Å². The Balaban J connectivity index is 2.62. The average Bonchev–Trinajstić information content (AvgIpc) is 2.48. The maximum Gasteiger partial charge on any atom is 0.200 e. The molecule has 18 heavy (non-hydrogen) atoms. The molecule has 0 bridgehead atoms. The Kier molecular flexibility index (Phi) is 2.99. The number of ether oxygens (including phenoxy) is 1. The zero-order chi connectivity index (χ0) is 13.6. The van der Waals surface area contributed by atoms with Crippen molar-refractivity contribution in [3.63, 3.8) is 0 Å². The minimum absolute atomic E-state index is 0.251. The van der Waals surface area contributed by atoms with Crippen LogP contribution >= 0.6 is 0 Å². The van der Waals surface area contributed by atoms with Crippen LogP contribution in [0, 0.1) is 0 Å². The van der Waals surface area contributed by atoms with Crippen LogP contribution in [0.15, 0.2) is 28.5 Å². The van der Waals surface area contributed by atoms with E-state index < -0.39 is 15.4 Å². The highest BCUT2D eigenvalue weighted by molar-refractivity contribution is 7.95. The van der Waals surface area contributed by atoms with E-state index in [1.54, 1.807) is 32.0 Å². The maximum atomic E-state index is 12.0. The summed E-state index contributed by atoms with van der Waals surface area (Å²) in [5, 5.41) is 11.1. The molecule has 1 N–H and O–H groups in total. The Morgan fingerprint density at radius 2 is 2.00 bits per heavy atom. The van der Waals surface area contributed by atoms with Crippen molar-refractivity contribution in [3.05, 3.63) is 29.2 Å². The minimum atomic E-state index is -3.41. The maximum absolute atomic E-state index is 12.0. The Labute approximate surface area is 107 Å². The molecule has 0 fully saturated rings. The number of hydrogen-bond donors (Lipinski definition) is 1. The molecule has 1 aromatic rings.